The smallest absolute Gasteiger partial charge is 0.407 e. The van der Waals surface area contributed by atoms with Gasteiger partial charge in [-0.05, 0) is 19.3 Å². The Labute approximate surface area is 123 Å². The van der Waals surface area contributed by atoms with E-state index < -0.39 is 0 Å². The number of ether oxygens (including phenoxy) is 1. The van der Waals surface area contributed by atoms with Gasteiger partial charge in [0.2, 0.25) is 0 Å². The Bertz CT molecular complexity index is 183. The van der Waals surface area contributed by atoms with Gasteiger partial charge in [-0.15, -0.1) is 24.8 Å². The Morgan fingerprint density at radius 1 is 1.17 bits per heavy atom. The van der Waals surface area contributed by atoms with Crippen molar-refractivity contribution in [2.75, 3.05) is 13.2 Å². The second-order valence-corrected chi connectivity index (χ2v) is 4.11. The number of carbonyl (C=O) groups is 1. The van der Waals surface area contributed by atoms with Gasteiger partial charge in [-0.3, -0.25) is 0 Å². The number of halogens is 2. The van der Waals surface area contributed by atoms with Gasteiger partial charge in [0.1, 0.15) is 0 Å². The first-order valence-electron chi connectivity index (χ1n) is 6.36. The molecule has 0 rings (SSSR count). The molecule has 0 saturated heterocycles. The standard InChI is InChI=1S/C12H26N2O2.2ClH/c1-3-5-7-11(13)8-10-16-12(15)14-9-6-4-2;;/h11H,3-10,13H2,1-2H3,(H,14,15);2*1H. The number of nitrogens with two attached hydrogens (primary N) is 1. The second-order valence-electron chi connectivity index (χ2n) is 4.11. The summed E-state index contributed by atoms with van der Waals surface area (Å²) in [5, 5.41) is 2.70. The summed E-state index contributed by atoms with van der Waals surface area (Å²) < 4.78 is 5.01. The van der Waals surface area contributed by atoms with Crippen LogP contribution in [0.25, 0.3) is 0 Å². The maximum Gasteiger partial charge on any atom is 0.407 e. The van der Waals surface area contributed by atoms with Crippen molar-refractivity contribution in [3.05, 3.63) is 0 Å². The summed E-state index contributed by atoms with van der Waals surface area (Å²) in [6.07, 6.45) is 5.80. The van der Waals surface area contributed by atoms with Crippen LogP contribution >= 0.6 is 24.8 Å². The Morgan fingerprint density at radius 2 is 1.78 bits per heavy atom. The molecule has 0 heterocycles. The summed E-state index contributed by atoms with van der Waals surface area (Å²) >= 11 is 0. The van der Waals surface area contributed by atoms with Crippen molar-refractivity contribution >= 4 is 30.9 Å². The Morgan fingerprint density at radius 3 is 2.33 bits per heavy atom. The summed E-state index contributed by atoms with van der Waals surface area (Å²) in [5.41, 5.74) is 5.86. The van der Waals surface area contributed by atoms with Crippen LogP contribution < -0.4 is 11.1 Å². The molecule has 0 fully saturated rings. The molecule has 0 bridgehead atoms. The van der Waals surface area contributed by atoms with Gasteiger partial charge < -0.3 is 15.8 Å². The van der Waals surface area contributed by atoms with Crippen molar-refractivity contribution in [1.82, 2.24) is 5.32 Å². The molecule has 0 aromatic heterocycles. The van der Waals surface area contributed by atoms with E-state index in [1.54, 1.807) is 0 Å². The predicted octanol–water partition coefficient (Wildman–Crippen LogP) is 3.26. The highest BCUT2D eigenvalue weighted by Crippen LogP contribution is 2.01. The molecule has 112 valence electrons. The number of unbranched alkanes of at least 4 members (excludes halogenated alkanes) is 2. The molecule has 1 unspecified atom stereocenters. The number of amides is 1. The first-order valence-corrected chi connectivity index (χ1v) is 6.36. The first-order chi connectivity index (χ1) is 7.70. The van der Waals surface area contributed by atoms with E-state index in [1.807, 2.05) is 0 Å². The molecule has 4 nitrogen and oxygen atoms in total. The van der Waals surface area contributed by atoms with Crippen LogP contribution in [0.15, 0.2) is 0 Å². The lowest BCUT2D eigenvalue weighted by Crippen LogP contribution is -2.28. The molecule has 6 heteroatoms. The van der Waals surface area contributed by atoms with Crippen LogP contribution in [0.1, 0.15) is 52.4 Å². The molecule has 0 aromatic carbocycles. The van der Waals surface area contributed by atoms with Gasteiger partial charge in [-0.25, -0.2) is 4.79 Å². The minimum Gasteiger partial charge on any atom is -0.450 e. The predicted molar refractivity (Wildman–Crippen MR) is 80.9 cm³/mol. The summed E-state index contributed by atoms with van der Waals surface area (Å²) in [4.78, 5) is 11.1. The summed E-state index contributed by atoms with van der Waals surface area (Å²) in [5.74, 6) is 0. The minimum absolute atomic E-state index is 0. The average molecular weight is 303 g/mol. The lowest BCUT2D eigenvalue weighted by atomic mass is 10.1. The fourth-order valence-electron chi connectivity index (χ4n) is 1.33. The van der Waals surface area contributed by atoms with Crippen molar-refractivity contribution in [2.45, 2.75) is 58.4 Å². The highest BCUT2D eigenvalue weighted by atomic mass is 35.5. The van der Waals surface area contributed by atoms with Crippen molar-refractivity contribution in [2.24, 2.45) is 5.73 Å². The highest BCUT2D eigenvalue weighted by Gasteiger charge is 2.04. The van der Waals surface area contributed by atoms with Crippen LogP contribution in [0.2, 0.25) is 0 Å². The molecule has 18 heavy (non-hydrogen) atoms. The minimum atomic E-state index is -0.323. The summed E-state index contributed by atoms with van der Waals surface area (Å²) in [6, 6.07) is 0.156. The zero-order valence-electron chi connectivity index (χ0n) is 11.4. The SMILES string of the molecule is CCCCNC(=O)OCCC(N)CCCC.Cl.Cl. The topological polar surface area (TPSA) is 64.3 Å². The third-order valence-electron chi connectivity index (χ3n) is 2.45. The van der Waals surface area contributed by atoms with Crippen LogP contribution in [0.3, 0.4) is 0 Å². The van der Waals surface area contributed by atoms with Gasteiger partial charge in [0.25, 0.3) is 0 Å². The van der Waals surface area contributed by atoms with E-state index in [0.717, 1.165) is 38.5 Å². The Hall–Kier alpha value is -0.190. The molecule has 0 aliphatic carbocycles. The molecular formula is C12H28Cl2N2O2. The summed E-state index contributed by atoms with van der Waals surface area (Å²) in [6.45, 7) is 5.34. The Kier molecular flexibility index (Phi) is 21.4. The van der Waals surface area contributed by atoms with E-state index in [-0.39, 0.29) is 36.9 Å². The van der Waals surface area contributed by atoms with Crippen molar-refractivity contribution in [1.29, 1.82) is 0 Å². The fraction of sp³-hybridized carbons (Fsp3) is 0.917. The van der Waals surface area contributed by atoms with E-state index in [0.29, 0.717) is 13.2 Å². The number of nitrogens with one attached hydrogen (secondary N) is 1. The van der Waals surface area contributed by atoms with Crippen LogP contribution in [-0.4, -0.2) is 25.3 Å². The van der Waals surface area contributed by atoms with Crippen LogP contribution in [-0.2, 0) is 4.74 Å². The molecule has 0 aliphatic rings. The quantitative estimate of drug-likeness (QED) is 0.643. The molecular weight excluding hydrogens is 275 g/mol. The zero-order valence-corrected chi connectivity index (χ0v) is 13.1. The first kappa shape index (κ1) is 22.9. The number of hydrogen-bond donors (Lipinski definition) is 2. The molecule has 0 saturated carbocycles. The van der Waals surface area contributed by atoms with Gasteiger partial charge >= 0.3 is 6.09 Å². The molecule has 0 spiro atoms. The highest BCUT2D eigenvalue weighted by molar-refractivity contribution is 5.85. The van der Waals surface area contributed by atoms with Crippen LogP contribution in [0.5, 0.6) is 0 Å². The maximum absolute atomic E-state index is 11.1. The molecule has 1 amide bonds. The van der Waals surface area contributed by atoms with Gasteiger partial charge in [0.05, 0.1) is 6.61 Å². The fourth-order valence-corrected chi connectivity index (χ4v) is 1.33. The summed E-state index contributed by atoms with van der Waals surface area (Å²) in [7, 11) is 0. The maximum atomic E-state index is 11.1. The Balaban J connectivity index is -0.00000112. The van der Waals surface area contributed by atoms with E-state index in [4.69, 9.17) is 10.5 Å². The molecule has 0 aliphatic heterocycles. The monoisotopic (exact) mass is 302 g/mol. The van der Waals surface area contributed by atoms with E-state index in [2.05, 4.69) is 19.2 Å². The van der Waals surface area contributed by atoms with Crippen molar-refractivity contribution in [3.8, 4) is 0 Å². The van der Waals surface area contributed by atoms with Gasteiger partial charge in [0, 0.05) is 12.6 Å². The van der Waals surface area contributed by atoms with E-state index >= 15 is 0 Å². The number of hydrogen-bond acceptors (Lipinski definition) is 3. The lowest BCUT2D eigenvalue weighted by molar-refractivity contribution is 0.142. The van der Waals surface area contributed by atoms with Gasteiger partial charge in [-0.2, -0.15) is 0 Å². The number of rotatable bonds is 9. The lowest BCUT2D eigenvalue weighted by Gasteiger charge is -2.11. The van der Waals surface area contributed by atoms with Gasteiger partial charge in [-0.1, -0.05) is 33.1 Å². The zero-order chi connectivity index (χ0) is 12.2. The third kappa shape index (κ3) is 15.8. The molecule has 1 atom stereocenters. The van der Waals surface area contributed by atoms with Crippen LogP contribution in [0.4, 0.5) is 4.79 Å². The molecule has 3 N–H and O–H groups in total. The van der Waals surface area contributed by atoms with Crippen molar-refractivity contribution in [3.63, 3.8) is 0 Å². The van der Waals surface area contributed by atoms with E-state index in [9.17, 15) is 4.79 Å². The largest absolute Gasteiger partial charge is 0.450 e. The second kappa shape index (κ2) is 16.8. The van der Waals surface area contributed by atoms with Gasteiger partial charge in [0.15, 0.2) is 0 Å². The van der Waals surface area contributed by atoms with E-state index in [1.165, 1.54) is 0 Å². The third-order valence-corrected chi connectivity index (χ3v) is 2.45. The molecule has 0 radical (unpaired) electrons. The molecule has 0 aromatic rings. The van der Waals surface area contributed by atoms with Crippen molar-refractivity contribution < 1.29 is 9.53 Å². The average Bonchev–Trinajstić information content (AvgIpc) is 2.26. The van der Waals surface area contributed by atoms with Crippen LogP contribution in [0, 0.1) is 0 Å². The number of alkyl carbamates (subject to hydrolysis) is 1. The normalized spacial score (nSPS) is 10.8. The number of carbonyl (C=O) groups excluding carboxylic acids is 1.